The standard InChI is InChI=1S/C32H46N2O5S/c1-6-9-13-30-31(28-24-26(16-19-29(28)39-30)33(4)40(5,36)37)32(35)25-14-17-27(18-15-25)38-23-12-22-34(20-10-7-2)21-11-8-3/h14-19,24H,6-13,20-23H2,1-5H3. The molecule has 40 heavy (non-hydrogen) atoms. The minimum absolute atomic E-state index is 0.141. The van der Waals surface area contributed by atoms with Gasteiger partial charge >= 0.3 is 0 Å². The van der Waals surface area contributed by atoms with Crippen molar-refractivity contribution < 1.29 is 22.4 Å². The first kappa shape index (κ1) is 31.7. The summed E-state index contributed by atoms with van der Waals surface area (Å²) in [5, 5.41) is 0.625. The lowest BCUT2D eigenvalue weighted by Crippen LogP contribution is -2.28. The van der Waals surface area contributed by atoms with Crippen LogP contribution in [0.3, 0.4) is 0 Å². The normalized spacial score (nSPS) is 11.8. The minimum atomic E-state index is -3.44. The van der Waals surface area contributed by atoms with Crippen molar-refractivity contribution in [3.8, 4) is 5.75 Å². The van der Waals surface area contributed by atoms with Gasteiger partial charge < -0.3 is 14.1 Å². The van der Waals surface area contributed by atoms with Crippen LogP contribution in [0, 0.1) is 0 Å². The lowest BCUT2D eigenvalue weighted by molar-refractivity contribution is 0.103. The molecule has 220 valence electrons. The number of carbonyl (C=O) groups is 1. The highest BCUT2D eigenvalue weighted by atomic mass is 32.2. The van der Waals surface area contributed by atoms with Crippen molar-refractivity contribution in [3.05, 3.63) is 59.4 Å². The Bertz CT molecular complexity index is 1320. The van der Waals surface area contributed by atoms with Gasteiger partial charge in [0.15, 0.2) is 5.78 Å². The molecule has 0 fully saturated rings. The highest BCUT2D eigenvalue weighted by Crippen LogP contribution is 2.33. The summed E-state index contributed by atoms with van der Waals surface area (Å²) in [6, 6.07) is 12.4. The molecular formula is C32H46N2O5S. The summed E-state index contributed by atoms with van der Waals surface area (Å²) >= 11 is 0. The second-order valence-electron chi connectivity index (χ2n) is 10.5. The zero-order valence-corrected chi connectivity index (χ0v) is 25.7. The van der Waals surface area contributed by atoms with E-state index in [1.807, 2.05) is 12.1 Å². The second kappa shape index (κ2) is 15.2. The third-order valence-electron chi connectivity index (χ3n) is 7.25. The molecule has 0 saturated heterocycles. The molecule has 0 aliphatic heterocycles. The summed E-state index contributed by atoms with van der Waals surface area (Å²) in [4.78, 5) is 16.3. The van der Waals surface area contributed by atoms with E-state index >= 15 is 0 Å². The largest absolute Gasteiger partial charge is 0.494 e. The van der Waals surface area contributed by atoms with Crippen molar-refractivity contribution in [1.82, 2.24) is 4.90 Å². The lowest BCUT2D eigenvalue weighted by atomic mass is 9.98. The van der Waals surface area contributed by atoms with Gasteiger partial charge in [0, 0.05) is 31.0 Å². The number of nitrogens with zero attached hydrogens (tertiary/aromatic N) is 2. The van der Waals surface area contributed by atoms with Gasteiger partial charge in [-0.3, -0.25) is 9.10 Å². The Kier molecular flexibility index (Phi) is 12.1. The van der Waals surface area contributed by atoms with Gasteiger partial charge in [-0.2, -0.15) is 0 Å². The fourth-order valence-electron chi connectivity index (χ4n) is 4.71. The van der Waals surface area contributed by atoms with E-state index in [0.717, 1.165) is 50.9 Å². The molecule has 1 aromatic heterocycles. The molecule has 0 N–H and O–H groups in total. The van der Waals surface area contributed by atoms with Crippen LogP contribution in [0.2, 0.25) is 0 Å². The van der Waals surface area contributed by atoms with Crippen LogP contribution in [-0.4, -0.2) is 58.6 Å². The second-order valence-corrected chi connectivity index (χ2v) is 12.5. The van der Waals surface area contributed by atoms with Crippen LogP contribution < -0.4 is 9.04 Å². The number of anilines is 1. The molecule has 7 nitrogen and oxygen atoms in total. The maximum absolute atomic E-state index is 13.8. The average Bonchev–Trinajstić information content (AvgIpc) is 3.31. The number of aryl methyl sites for hydroxylation is 1. The first-order valence-electron chi connectivity index (χ1n) is 14.7. The number of ether oxygens (including phenoxy) is 1. The van der Waals surface area contributed by atoms with E-state index in [2.05, 4.69) is 25.7 Å². The molecule has 3 rings (SSSR count). The number of hydrogen-bond donors (Lipinski definition) is 0. The van der Waals surface area contributed by atoms with Crippen LogP contribution in [0.25, 0.3) is 11.0 Å². The van der Waals surface area contributed by atoms with E-state index in [-0.39, 0.29) is 5.78 Å². The Morgan fingerprint density at radius 1 is 0.875 bits per heavy atom. The Morgan fingerprint density at radius 3 is 2.10 bits per heavy atom. The lowest BCUT2D eigenvalue weighted by Gasteiger charge is -2.21. The zero-order chi connectivity index (χ0) is 29.1. The number of rotatable bonds is 18. The number of furan rings is 1. The Balaban J connectivity index is 1.75. The van der Waals surface area contributed by atoms with Crippen LogP contribution in [0.15, 0.2) is 46.9 Å². The first-order chi connectivity index (χ1) is 19.2. The highest BCUT2D eigenvalue weighted by molar-refractivity contribution is 7.92. The molecule has 0 saturated carbocycles. The van der Waals surface area contributed by atoms with Crippen molar-refractivity contribution in [2.24, 2.45) is 0 Å². The molecule has 0 bridgehead atoms. The van der Waals surface area contributed by atoms with Crippen LogP contribution >= 0.6 is 0 Å². The summed E-state index contributed by atoms with van der Waals surface area (Å²) in [6.45, 7) is 10.5. The summed E-state index contributed by atoms with van der Waals surface area (Å²) in [6.07, 6.45) is 9.46. The summed E-state index contributed by atoms with van der Waals surface area (Å²) < 4.78 is 37.5. The Hall–Kier alpha value is -2.84. The number of sulfonamides is 1. The van der Waals surface area contributed by atoms with Crippen LogP contribution in [-0.2, 0) is 16.4 Å². The molecule has 8 heteroatoms. The molecule has 0 aliphatic rings. The summed E-state index contributed by atoms with van der Waals surface area (Å²) in [5.74, 6) is 1.24. The van der Waals surface area contributed by atoms with Crippen LogP contribution in [0.1, 0.15) is 87.4 Å². The van der Waals surface area contributed by atoms with E-state index in [9.17, 15) is 13.2 Å². The minimum Gasteiger partial charge on any atom is -0.494 e. The quantitative estimate of drug-likeness (QED) is 0.120. The van der Waals surface area contributed by atoms with Crippen molar-refractivity contribution >= 4 is 32.5 Å². The Morgan fingerprint density at radius 2 is 1.50 bits per heavy atom. The van der Waals surface area contributed by atoms with Gasteiger partial charge in [-0.15, -0.1) is 0 Å². The van der Waals surface area contributed by atoms with E-state index in [1.54, 1.807) is 30.3 Å². The molecule has 1 heterocycles. The third-order valence-corrected chi connectivity index (χ3v) is 8.46. The monoisotopic (exact) mass is 570 g/mol. The third kappa shape index (κ3) is 8.58. The predicted octanol–water partition coefficient (Wildman–Crippen LogP) is 7.07. The molecule has 0 atom stereocenters. The van der Waals surface area contributed by atoms with E-state index in [4.69, 9.17) is 9.15 Å². The van der Waals surface area contributed by atoms with E-state index < -0.39 is 10.0 Å². The van der Waals surface area contributed by atoms with Crippen LogP contribution in [0.4, 0.5) is 5.69 Å². The fourth-order valence-corrected chi connectivity index (χ4v) is 5.21. The molecule has 2 aromatic carbocycles. The number of benzene rings is 2. The van der Waals surface area contributed by atoms with Crippen LogP contribution in [0.5, 0.6) is 5.75 Å². The molecule has 0 radical (unpaired) electrons. The predicted molar refractivity (Wildman–Crippen MR) is 164 cm³/mol. The molecular weight excluding hydrogens is 524 g/mol. The first-order valence-corrected chi connectivity index (χ1v) is 16.5. The number of unbranched alkanes of at least 4 members (excludes halogenated alkanes) is 3. The van der Waals surface area contributed by atoms with Crippen molar-refractivity contribution in [1.29, 1.82) is 0 Å². The van der Waals surface area contributed by atoms with Gasteiger partial charge in [0.2, 0.25) is 10.0 Å². The molecule has 0 unspecified atom stereocenters. The number of ketones is 1. The molecule has 3 aromatic rings. The SMILES string of the molecule is CCCCc1oc2ccc(N(C)S(C)(=O)=O)cc2c1C(=O)c1ccc(OCCCN(CCCC)CCCC)cc1. The number of carbonyl (C=O) groups excluding carboxylic acids is 1. The van der Waals surface area contributed by atoms with Gasteiger partial charge in [0.1, 0.15) is 17.1 Å². The maximum Gasteiger partial charge on any atom is 0.231 e. The molecule has 0 aliphatic carbocycles. The van der Waals surface area contributed by atoms with Crippen molar-refractivity contribution in [2.45, 2.75) is 72.1 Å². The fraction of sp³-hybridized carbons (Fsp3) is 0.531. The summed E-state index contributed by atoms with van der Waals surface area (Å²) in [7, 11) is -1.94. The van der Waals surface area contributed by atoms with Gasteiger partial charge in [-0.05, 0) is 81.2 Å². The maximum atomic E-state index is 13.8. The Labute approximate surface area is 240 Å². The van der Waals surface area contributed by atoms with Gasteiger partial charge in [-0.1, -0.05) is 40.0 Å². The summed E-state index contributed by atoms with van der Waals surface area (Å²) in [5.41, 5.74) is 2.10. The van der Waals surface area contributed by atoms with Crippen molar-refractivity contribution in [2.75, 3.05) is 43.8 Å². The van der Waals surface area contributed by atoms with Gasteiger partial charge in [-0.25, -0.2) is 8.42 Å². The number of fused-ring (bicyclic) bond motifs is 1. The number of hydrogen-bond acceptors (Lipinski definition) is 6. The molecule has 0 spiro atoms. The van der Waals surface area contributed by atoms with E-state index in [1.165, 1.54) is 37.0 Å². The smallest absolute Gasteiger partial charge is 0.231 e. The van der Waals surface area contributed by atoms with Gasteiger partial charge in [0.05, 0.1) is 24.1 Å². The zero-order valence-electron chi connectivity index (χ0n) is 24.9. The van der Waals surface area contributed by atoms with Gasteiger partial charge in [0.25, 0.3) is 0 Å². The molecule has 0 amide bonds. The van der Waals surface area contributed by atoms with E-state index in [0.29, 0.717) is 46.6 Å². The topological polar surface area (TPSA) is 80.1 Å². The average molecular weight is 571 g/mol. The highest BCUT2D eigenvalue weighted by Gasteiger charge is 2.23. The van der Waals surface area contributed by atoms with Crippen molar-refractivity contribution in [3.63, 3.8) is 0 Å².